The number of aliphatic hydroxyl groups excluding tert-OH is 1. The van der Waals surface area contributed by atoms with Gasteiger partial charge in [-0.15, -0.1) is 0 Å². The minimum absolute atomic E-state index is 0.253. The third-order valence-electron chi connectivity index (χ3n) is 3.17. The van der Waals surface area contributed by atoms with Gasteiger partial charge in [0.05, 0.1) is 11.8 Å². The Kier molecular flexibility index (Phi) is 3.33. The third-order valence-corrected chi connectivity index (χ3v) is 3.17. The maximum absolute atomic E-state index is 9.44. The lowest BCUT2D eigenvalue weighted by atomic mass is 10.1. The quantitative estimate of drug-likeness (QED) is 0.622. The molecule has 2 atom stereocenters. The zero-order valence-electron chi connectivity index (χ0n) is 10.1. The lowest BCUT2D eigenvalue weighted by Gasteiger charge is -2.19. The fourth-order valence-electron chi connectivity index (χ4n) is 1.98. The molecule has 17 heavy (non-hydrogen) atoms. The molecular formula is C13H17NO3. The summed E-state index contributed by atoms with van der Waals surface area (Å²) >= 11 is 0. The van der Waals surface area contributed by atoms with Crippen LogP contribution in [-0.2, 0) is 6.42 Å². The first-order valence-corrected chi connectivity index (χ1v) is 5.81. The first-order chi connectivity index (χ1) is 8.13. The van der Waals surface area contributed by atoms with Gasteiger partial charge in [0.25, 0.3) is 0 Å². The monoisotopic (exact) mass is 235 g/mol. The van der Waals surface area contributed by atoms with Gasteiger partial charge < -0.3 is 15.1 Å². The number of benzene rings is 1. The highest BCUT2D eigenvalue weighted by molar-refractivity contribution is 6.04. The number of hydrogen-bond donors (Lipinski definition) is 2. The number of oxime groups is 1. The molecule has 1 aliphatic rings. The molecule has 4 nitrogen and oxygen atoms in total. The lowest BCUT2D eigenvalue weighted by molar-refractivity contribution is 0.0599. The summed E-state index contributed by atoms with van der Waals surface area (Å²) in [5.74, 6) is 0.773. The third kappa shape index (κ3) is 2.26. The average molecular weight is 235 g/mol. The molecule has 0 radical (unpaired) electrons. The zero-order chi connectivity index (χ0) is 12.4. The SMILES string of the molecule is CC(O)C(C)Oc1cccc2c1CCC2=NO. The van der Waals surface area contributed by atoms with Gasteiger partial charge in [0, 0.05) is 11.1 Å². The Morgan fingerprint density at radius 1 is 1.29 bits per heavy atom. The van der Waals surface area contributed by atoms with Crippen molar-refractivity contribution in [2.24, 2.45) is 5.16 Å². The molecule has 1 aromatic carbocycles. The second kappa shape index (κ2) is 4.75. The number of fused-ring (bicyclic) bond motifs is 1. The van der Waals surface area contributed by atoms with E-state index >= 15 is 0 Å². The highest BCUT2D eigenvalue weighted by atomic mass is 16.5. The number of hydrogen-bond acceptors (Lipinski definition) is 4. The van der Waals surface area contributed by atoms with Crippen molar-refractivity contribution >= 4 is 5.71 Å². The van der Waals surface area contributed by atoms with Gasteiger partial charge in [-0.25, -0.2) is 0 Å². The predicted molar refractivity (Wildman–Crippen MR) is 64.9 cm³/mol. The van der Waals surface area contributed by atoms with Crippen LogP contribution in [0.1, 0.15) is 31.4 Å². The molecule has 0 aromatic heterocycles. The Balaban J connectivity index is 2.29. The molecular weight excluding hydrogens is 218 g/mol. The first kappa shape index (κ1) is 11.9. The van der Waals surface area contributed by atoms with E-state index in [4.69, 9.17) is 9.94 Å². The summed E-state index contributed by atoms with van der Waals surface area (Å²) < 4.78 is 5.72. The van der Waals surface area contributed by atoms with Crippen molar-refractivity contribution in [3.8, 4) is 5.75 Å². The molecule has 1 aliphatic carbocycles. The Hall–Kier alpha value is -1.55. The lowest BCUT2D eigenvalue weighted by Crippen LogP contribution is -2.26. The molecule has 0 saturated carbocycles. The van der Waals surface area contributed by atoms with Crippen LogP contribution in [0.25, 0.3) is 0 Å². The molecule has 0 spiro atoms. The normalized spacial score (nSPS) is 20.1. The molecule has 0 bridgehead atoms. The molecule has 1 aromatic rings. The van der Waals surface area contributed by atoms with Gasteiger partial charge in [-0.1, -0.05) is 17.3 Å². The van der Waals surface area contributed by atoms with E-state index in [1.165, 1.54) is 0 Å². The predicted octanol–water partition coefficient (Wildman–Crippen LogP) is 1.96. The molecule has 2 rings (SSSR count). The van der Waals surface area contributed by atoms with Crippen molar-refractivity contribution in [1.82, 2.24) is 0 Å². The van der Waals surface area contributed by atoms with E-state index in [2.05, 4.69) is 5.16 Å². The first-order valence-electron chi connectivity index (χ1n) is 5.81. The van der Waals surface area contributed by atoms with Gasteiger partial charge in [0.15, 0.2) is 0 Å². The molecule has 2 unspecified atom stereocenters. The van der Waals surface area contributed by atoms with E-state index in [1.54, 1.807) is 6.92 Å². The highest BCUT2D eigenvalue weighted by Gasteiger charge is 2.23. The number of ether oxygens (including phenoxy) is 1. The second-order valence-corrected chi connectivity index (χ2v) is 4.39. The van der Waals surface area contributed by atoms with Crippen LogP contribution in [0.4, 0.5) is 0 Å². The number of aliphatic hydroxyl groups is 1. The second-order valence-electron chi connectivity index (χ2n) is 4.39. The van der Waals surface area contributed by atoms with Gasteiger partial charge in [0.2, 0.25) is 0 Å². The van der Waals surface area contributed by atoms with E-state index in [0.717, 1.165) is 29.7 Å². The summed E-state index contributed by atoms with van der Waals surface area (Å²) in [6.45, 7) is 3.54. The minimum Gasteiger partial charge on any atom is -0.488 e. The van der Waals surface area contributed by atoms with Crippen LogP contribution in [0, 0.1) is 0 Å². The van der Waals surface area contributed by atoms with Gasteiger partial charge in [-0.3, -0.25) is 0 Å². The highest BCUT2D eigenvalue weighted by Crippen LogP contribution is 2.31. The van der Waals surface area contributed by atoms with Crippen LogP contribution in [0.5, 0.6) is 5.75 Å². The van der Waals surface area contributed by atoms with Gasteiger partial charge in [-0.05, 0) is 32.8 Å². The van der Waals surface area contributed by atoms with Crippen LogP contribution in [0.15, 0.2) is 23.4 Å². The fourth-order valence-corrected chi connectivity index (χ4v) is 1.98. The molecule has 0 amide bonds. The molecule has 0 fully saturated rings. The van der Waals surface area contributed by atoms with Crippen LogP contribution in [0.2, 0.25) is 0 Å². The van der Waals surface area contributed by atoms with Crippen molar-refractivity contribution < 1.29 is 15.1 Å². The van der Waals surface area contributed by atoms with Crippen molar-refractivity contribution in [2.45, 2.75) is 38.9 Å². The smallest absolute Gasteiger partial charge is 0.123 e. The fraction of sp³-hybridized carbons (Fsp3) is 0.462. The molecule has 2 N–H and O–H groups in total. The maximum Gasteiger partial charge on any atom is 0.123 e. The maximum atomic E-state index is 9.44. The van der Waals surface area contributed by atoms with Gasteiger partial charge in [-0.2, -0.15) is 0 Å². The number of rotatable bonds is 3. The topological polar surface area (TPSA) is 62.0 Å². The Labute approximate surface area is 101 Å². The largest absolute Gasteiger partial charge is 0.488 e. The van der Waals surface area contributed by atoms with Crippen LogP contribution >= 0.6 is 0 Å². The molecule has 0 aliphatic heterocycles. The summed E-state index contributed by atoms with van der Waals surface area (Å²) in [5, 5.41) is 21.6. The van der Waals surface area contributed by atoms with E-state index in [1.807, 2.05) is 25.1 Å². The standard InChI is InChI=1S/C13H17NO3/c1-8(15)9(2)17-13-5-3-4-10-11(13)6-7-12(10)14-16/h3-5,8-9,15-16H,6-7H2,1-2H3. The van der Waals surface area contributed by atoms with Crippen molar-refractivity contribution in [1.29, 1.82) is 0 Å². The Morgan fingerprint density at radius 2 is 2.06 bits per heavy atom. The Morgan fingerprint density at radius 3 is 2.71 bits per heavy atom. The van der Waals surface area contributed by atoms with Crippen LogP contribution in [0.3, 0.4) is 0 Å². The molecule has 0 heterocycles. The van der Waals surface area contributed by atoms with Gasteiger partial charge in [0.1, 0.15) is 11.9 Å². The van der Waals surface area contributed by atoms with E-state index in [0.29, 0.717) is 5.71 Å². The Bertz CT molecular complexity index is 440. The van der Waals surface area contributed by atoms with Crippen molar-refractivity contribution in [3.05, 3.63) is 29.3 Å². The minimum atomic E-state index is -0.516. The molecule has 0 saturated heterocycles. The van der Waals surface area contributed by atoms with Crippen LogP contribution < -0.4 is 4.74 Å². The van der Waals surface area contributed by atoms with E-state index in [-0.39, 0.29) is 6.10 Å². The average Bonchev–Trinajstić information content (AvgIpc) is 2.72. The molecule has 92 valence electrons. The van der Waals surface area contributed by atoms with Crippen molar-refractivity contribution in [2.75, 3.05) is 0 Å². The zero-order valence-corrected chi connectivity index (χ0v) is 10.1. The number of nitrogens with zero attached hydrogens (tertiary/aromatic N) is 1. The molecule has 4 heteroatoms. The summed E-state index contributed by atoms with van der Waals surface area (Å²) in [6, 6.07) is 5.69. The summed E-state index contributed by atoms with van der Waals surface area (Å²) in [6.07, 6.45) is 0.780. The summed E-state index contributed by atoms with van der Waals surface area (Å²) in [5.41, 5.74) is 2.71. The summed E-state index contributed by atoms with van der Waals surface area (Å²) in [7, 11) is 0. The van der Waals surface area contributed by atoms with Crippen LogP contribution in [-0.4, -0.2) is 28.2 Å². The van der Waals surface area contributed by atoms with E-state index in [9.17, 15) is 5.11 Å². The van der Waals surface area contributed by atoms with Crippen molar-refractivity contribution in [3.63, 3.8) is 0 Å². The van der Waals surface area contributed by atoms with Gasteiger partial charge >= 0.3 is 0 Å². The van der Waals surface area contributed by atoms with E-state index < -0.39 is 6.10 Å². The summed E-state index contributed by atoms with van der Waals surface area (Å²) in [4.78, 5) is 0.